The van der Waals surface area contributed by atoms with Crippen LogP contribution in [-0.4, -0.2) is 39.1 Å². The van der Waals surface area contributed by atoms with Crippen molar-refractivity contribution in [3.63, 3.8) is 0 Å². The fraction of sp³-hybridized carbons (Fsp3) is 0.643. The summed E-state index contributed by atoms with van der Waals surface area (Å²) < 4.78 is 0. The lowest BCUT2D eigenvalue weighted by Gasteiger charge is -2.68. The molecule has 1 heterocycles. The third-order valence-corrected chi connectivity index (χ3v) is 10.1. The number of nitrogens with one attached hydrogen (secondary N) is 1. The summed E-state index contributed by atoms with van der Waals surface area (Å²) in [6.07, 6.45) is 5.58. The molecule has 0 radical (unpaired) electrons. The summed E-state index contributed by atoms with van der Waals surface area (Å²) in [4.78, 5) is 3.47. The number of aromatic nitrogens is 1. The first kappa shape index (κ1) is 22.2. The molecule has 2 fully saturated rings. The Balaban J connectivity index is 1.81. The predicted molar refractivity (Wildman–Crippen MR) is 129 cm³/mol. The van der Waals surface area contributed by atoms with E-state index in [1.807, 2.05) is 0 Å². The number of benzene rings is 1. The minimum Gasteiger partial charge on any atom is -0.396 e. The van der Waals surface area contributed by atoms with Gasteiger partial charge in [0.25, 0.3) is 0 Å². The van der Waals surface area contributed by atoms with Gasteiger partial charge in [0.1, 0.15) is 0 Å². The number of para-hydroxylation sites is 1. The summed E-state index contributed by atoms with van der Waals surface area (Å²) in [5.41, 5.74) is 4.32. The van der Waals surface area contributed by atoms with Gasteiger partial charge in [0, 0.05) is 46.0 Å². The second-order valence-electron chi connectivity index (χ2n) is 11.3. The molecule has 1 aromatic carbocycles. The summed E-state index contributed by atoms with van der Waals surface area (Å²) >= 11 is 0. The fourth-order valence-corrected chi connectivity index (χ4v) is 8.27. The second kappa shape index (κ2) is 7.72. The Morgan fingerprint density at radius 2 is 1.88 bits per heavy atom. The highest BCUT2D eigenvalue weighted by Crippen LogP contribution is 2.71. The van der Waals surface area contributed by atoms with Crippen molar-refractivity contribution in [3.05, 3.63) is 41.6 Å². The van der Waals surface area contributed by atoms with Crippen molar-refractivity contribution in [3.8, 4) is 0 Å². The van der Waals surface area contributed by atoms with Crippen LogP contribution in [0, 0.1) is 34.5 Å². The van der Waals surface area contributed by atoms with Gasteiger partial charge in [-0.2, -0.15) is 0 Å². The molecule has 1 spiro atoms. The number of rotatable bonds is 3. The van der Waals surface area contributed by atoms with Crippen LogP contribution in [0.2, 0.25) is 0 Å². The van der Waals surface area contributed by atoms with Crippen LogP contribution in [-0.2, 0) is 0 Å². The van der Waals surface area contributed by atoms with Crippen molar-refractivity contribution < 1.29 is 15.3 Å². The van der Waals surface area contributed by atoms with E-state index in [9.17, 15) is 15.3 Å². The molecule has 1 aromatic heterocycles. The van der Waals surface area contributed by atoms with Gasteiger partial charge in [-0.1, -0.05) is 51.5 Å². The van der Waals surface area contributed by atoms with Crippen molar-refractivity contribution in [2.75, 3.05) is 6.61 Å². The molecule has 0 bridgehead atoms. The average molecular weight is 438 g/mol. The maximum Gasteiger partial charge on any atom is 0.0608 e. The molecule has 4 N–H and O–H groups in total. The van der Waals surface area contributed by atoms with Crippen LogP contribution >= 0.6 is 0 Å². The number of H-pyrrole nitrogens is 1. The first-order valence-electron chi connectivity index (χ1n) is 12.5. The largest absolute Gasteiger partial charge is 0.396 e. The molecule has 2 saturated carbocycles. The van der Waals surface area contributed by atoms with E-state index in [1.165, 1.54) is 22.1 Å². The Labute approximate surface area is 191 Å². The molecule has 5 unspecified atom stereocenters. The van der Waals surface area contributed by atoms with E-state index in [1.54, 1.807) is 0 Å². The molecule has 3 aliphatic rings. The molecular formula is C28H39NO3. The second-order valence-corrected chi connectivity index (χ2v) is 11.3. The lowest BCUT2D eigenvalue weighted by Crippen LogP contribution is -2.68. The van der Waals surface area contributed by atoms with Gasteiger partial charge in [-0.3, -0.25) is 0 Å². The minimum absolute atomic E-state index is 0.0828. The van der Waals surface area contributed by atoms with Crippen molar-refractivity contribution in [2.24, 2.45) is 34.5 Å². The predicted octanol–water partition coefficient (Wildman–Crippen LogP) is 5.14. The van der Waals surface area contributed by atoms with Crippen LogP contribution in [0.3, 0.4) is 0 Å². The van der Waals surface area contributed by atoms with E-state index in [-0.39, 0.29) is 35.2 Å². The van der Waals surface area contributed by atoms with Gasteiger partial charge < -0.3 is 20.3 Å². The van der Waals surface area contributed by atoms with Crippen molar-refractivity contribution in [1.82, 2.24) is 4.98 Å². The highest BCUT2D eigenvalue weighted by molar-refractivity contribution is 5.94. The van der Waals surface area contributed by atoms with Crippen LogP contribution in [0.1, 0.15) is 65.4 Å². The Hall–Kier alpha value is -1.62. The topological polar surface area (TPSA) is 76.5 Å². The lowest BCUT2D eigenvalue weighted by molar-refractivity contribution is -0.240. The van der Waals surface area contributed by atoms with Gasteiger partial charge in [0.2, 0.25) is 0 Å². The zero-order valence-electron chi connectivity index (χ0n) is 19.9. The van der Waals surface area contributed by atoms with E-state index < -0.39 is 12.2 Å². The number of allylic oxidation sites excluding steroid dienone is 1. The standard InChI is InChI=1S/C28H39NO3/c1-16-13-24(32)27(4)18(3)9-10-23(31)28(27)12-11-19(17(2)15-30)25(26(16)28)21-14-29-22-8-6-5-7-20(21)22/h5-8,14,16-18,23-24,26,29-32H,9-13,15H2,1-4H3/t16?,17?,18?,23?,24?,26-,27+,28-/m0/s1. The Bertz CT molecular complexity index is 1040. The number of aliphatic hydroxyl groups is 3. The summed E-state index contributed by atoms with van der Waals surface area (Å²) in [6, 6.07) is 8.44. The molecule has 4 nitrogen and oxygen atoms in total. The van der Waals surface area contributed by atoms with Gasteiger partial charge >= 0.3 is 0 Å². The Kier molecular flexibility index (Phi) is 5.35. The molecule has 4 heteroatoms. The Morgan fingerprint density at radius 3 is 2.62 bits per heavy atom. The monoisotopic (exact) mass is 437 g/mol. The van der Waals surface area contributed by atoms with Crippen LogP contribution < -0.4 is 0 Å². The summed E-state index contributed by atoms with van der Waals surface area (Å²) in [7, 11) is 0. The lowest BCUT2D eigenvalue weighted by atomic mass is 9.37. The maximum absolute atomic E-state index is 11.7. The van der Waals surface area contributed by atoms with Crippen molar-refractivity contribution in [1.29, 1.82) is 0 Å². The first-order chi connectivity index (χ1) is 15.3. The summed E-state index contributed by atoms with van der Waals surface area (Å²) in [6.45, 7) is 9.07. The smallest absolute Gasteiger partial charge is 0.0608 e. The molecule has 0 aliphatic heterocycles. The highest BCUT2D eigenvalue weighted by Gasteiger charge is 2.68. The first-order valence-corrected chi connectivity index (χ1v) is 12.5. The quantitative estimate of drug-likeness (QED) is 0.537. The van der Waals surface area contributed by atoms with Gasteiger partial charge in [-0.15, -0.1) is 0 Å². The third kappa shape index (κ3) is 2.72. The molecule has 3 aliphatic carbocycles. The highest BCUT2D eigenvalue weighted by atomic mass is 16.3. The number of hydrogen-bond donors (Lipinski definition) is 4. The zero-order chi connectivity index (χ0) is 22.8. The van der Waals surface area contributed by atoms with E-state index in [0.717, 1.165) is 37.6 Å². The Morgan fingerprint density at radius 1 is 1.12 bits per heavy atom. The molecule has 5 rings (SSSR count). The van der Waals surface area contributed by atoms with Crippen LogP contribution in [0.4, 0.5) is 0 Å². The third-order valence-electron chi connectivity index (χ3n) is 10.1. The minimum atomic E-state index is -0.419. The van der Waals surface area contributed by atoms with E-state index in [4.69, 9.17) is 0 Å². The molecule has 0 amide bonds. The summed E-state index contributed by atoms with van der Waals surface area (Å²) in [5.74, 6) is 0.852. The molecule has 2 aromatic rings. The fourth-order valence-electron chi connectivity index (χ4n) is 8.27. The van der Waals surface area contributed by atoms with Crippen LogP contribution in [0.5, 0.6) is 0 Å². The maximum atomic E-state index is 11.7. The molecule has 174 valence electrons. The molecule has 0 saturated heterocycles. The van der Waals surface area contributed by atoms with Gasteiger partial charge in [0.15, 0.2) is 0 Å². The SMILES string of the molecule is CC(CO)C1=C(c2c[nH]c3ccccc23)[C@@H]2C(C)CC(O)[C@@]3(C)C(C)CCC(O)[C@@]23CC1. The number of aliphatic hydroxyl groups excluding tert-OH is 3. The van der Waals surface area contributed by atoms with Gasteiger partial charge in [-0.25, -0.2) is 0 Å². The van der Waals surface area contributed by atoms with Gasteiger partial charge in [-0.05, 0) is 61.5 Å². The average Bonchev–Trinajstić information content (AvgIpc) is 3.22. The van der Waals surface area contributed by atoms with Crippen molar-refractivity contribution >= 4 is 16.5 Å². The van der Waals surface area contributed by atoms with Crippen molar-refractivity contribution in [2.45, 2.75) is 72.0 Å². The zero-order valence-corrected chi connectivity index (χ0v) is 19.9. The van der Waals surface area contributed by atoms with Crippen LogP contribution in [0.25, 0.3) is 16.5 Å². The van der Waals surface area contributed by atoms with Crippen LogP contribution in [0.15, 0.2) is 36.0 Å². The molecular weight excluding hydrogens is 398 g/mol. The van der Waals surface area contributed by atoms with Gasteiger partial charge in [0.05, 0.1) is 12.2 Å². The molecule has 32 heavy (non-hydrogen) atoms. The normalized spacial score (nSPS) is 40.8. The number of hydrogen-bond acceptors (Lipinski definition) is 3. The van der Waals surface area contributed by atoms with E-state index in [2.05, 4.69) is 63.1 Å². The number of aromatic amines is 1. The van der Waals surface area contributed by atoms with E-state index >= 15 is 0 Å². The number of fused-ring (bicyclic) bond motifs is 1. The summed E-state index contributed by atoms with van der Waals surface area (Å²) in [5, 5.41) is 34.6. The molecule has 8 atom stereocenters. The van der Waals surface area contributed by atoms with E-state index in [0.29, 0.717) is 5.92 Å².